The van der Waals surface area contributed by atoms with Crippen LogP contribution in [0, 0.1) is 5.82 Å². The zero-order valence-electron chi connectivity index (χ0n) is 11.5. The van der Waals surface area contributed by atoms with Gasteiger partial charge < -0.3 is 10.1 Å². The fraction of sp³-hybridized carbons (Fsp3) is 0.250. The van der Waals surface area contributed by atoms with E-state index < -0.39 is 6.61 Å². The van der Waals surface area contributed by atoms with Crippen LogP contribution in [0.3, 0.4) is 0 Å². The van der Waals surface area contributed by atoms with Gasteiger partial charge in [-0.25, -0.2) is 4.39 Å². The average Bonchev–Trinajstić information content (AvgIpc) is 2.44. The standard InChI is InChI=1S/C16H16F3NO/c1-11(20-10-12-4-2-6-14(17)8-12)13-5-3-7-15(9-13)21-16(18)19/h2-9,11,16,20H,10H2,1H3. The molecule has 2 rings (SSSR count). The van der Waals surface area contributed by atoms with Crippen LogP contribution in [0.5, 0.6) is 5.75 Å². The Hall–Kier alpha value is -2.01. The van der Waals surface area contributed by atoms with Crippen molar-refractivity contribution >= 4 is 0 Å². The fourth-order valence-electron chi connectivity index (χ4n) is 2.00. The molecule has 1 unspecified atom stereocenters. The Kier molecular flexibility index (Phi) is 5.22. The molecule has 0 radical (unpaired) electrons. The number of ether oxygens (including phenoxy) is 1. The highest BCUT2D eigenvalue weighted by atomic mass is 19.3. The summed E-state index contributed by atoms with van der Waals surface area (Å²) in [5, 5.41) is 3.21. The van der Waals surface area contributed by atoms with Gasteiger partial charge in [0.2, 0.25) is 0 Å². The summed E-state index contributed by atoms with van der Waals surface area (Å²) in [6.45, 7) is -0.449. The van der Waals surface area contributed by atoms with Crippen LogP contribution in [-0.4, -0.2) is 6.61 Å². The molecule has 0 amide bonds. The van der Waals surface area contributed by atoms with E-state index in [4.69, 9.17) is 0 Å². The van der Waals surface area contributed by atoms with Crippen molar-refractivity contribution in [3.63, 3.8) is 0 Å². The first-order valence-corrected chi connectivity index (χ1v) is 6.57. The molecular formula is C16H16F3NO. The Balaban J connectivity index is 1.98. The van der Waals surface area contributed by atoms with Gasteiger partial charge in [-0.2, -0.15) is 8.78 Å². The van der Waals surface area contributed by atoms with E-state index in [1.165, 1.54) is 18.2 Å². The third-order valence-corrected chi connectivity index (χ3v) is 3.08. The van der Waals surface area contributed by atoms with Crippen molar-refractivity contribution in [1.82, 2.24) is 5.32 Å². The van der Waals surface area contributed by atoms with E-state index in [2.05, 4.69) is 10.1 Å². The van der Waals surface area contributed by atoms with Crippen LogP contribution in [-0.2, 0) is 6.54 Å². The van der Waals surface area contributed by atoms with E-state index in [9.17, 15) is 13.2 Å². The van der Waals surface area contributed by atoms with Gasteiger partial charge >= 0.3 is 6.61 Å². The molecule has 112 valence electrons. The molecule has 0 spiro atoms. The minimum atomic E-state index is -2.84. The molecule has 0 bridgehead atoms. The van der Waals surface area contributed by atoms with Gasteiger partial charge in [0.15, 0.2) is 0 Å². The van der Waals surface area contributed by atoms with Crippen LogP contribution >= 0.6 is 0 Å². The highest BCUT2D eigenvalue weighted by Gasteiger charge is 2.09. The summed E-state index contributed by atoms with van der Waals surface area (Å²) in [6.07, 6.45) is 0. The second kappa shape index (κ2) is 7.13. The first-order valence-electron chi connectivity index (χ1n) is 6.57. The first kappa shape index (κ1) is 15.4. The molecule has 2 aromatic carbocycles. The second-order valence-corrected chi connectivity index (χ2v) is 4.68. The molecule has 0 aliphatic heterocycles. The summed E-state index contributed by atoms with van der Waals surface area (Å²) >= 11 is 0. The van der Waals surface area contributed by atoms with E-state index in [0.717, 1.165) is 11.1 Å². The molecule has 1 N–H and O–H groups in total. The van der Waals surface area contributed by atoms with Crippen molar-refractivity contribution in [2.75, 3.05) is 0 Å². The number of halogens is 3. The maximum Gasteiger partial charge on any atom is 0.387 e. The molecule has 0 saturated heterocycles. The first-order chi connectivity index (χ1) is 10.0. The number of benzene rings is 2. The van der Waals surface area contributed by atoms with Gasteiger partial charge in [0, 0.05) is 12.6 Å². The summed E-state index contributed by atoms with van der Waals surface area (Å²) in [4.78, 5) is 0. The highest BCUT2D eigenvalue weighted by molar-refractivity contribution is 5.30. The Morgan fingerprint density at radius 2 is 1.86 bits per heavy atom. The Bertz CT molecular complexity index is 589. The van der Waals surface area contributed by atoms with Gasteiger partial charge in [0.05, 0.1) is 0 Å². The van der Waals surface area contributed by atoms with Gasteiger partial charge in [-0.3, -0.25) is 0 Å². The van der Waals surface area contributed by atoms with Crippen LogP contribution in [0.1, 0.15) is 24.1 Å². The van der Waals surface area contributed by atoms with Crippen LogP contribution in [0.25, 0.3) is 0 Å². The number of nitrogens with one attached hydrogen (secondary N) is 1. The Morgan fingerprint density at radius 1 is 1.10 bits per heavy atom. The van der Waals surface area contributed by atoms with Gasteiger partial charge in [0.25, 0.3) is 0 Å². The lowest BCUT2D eigenvalue weighted by molar-refractivity contribution is -0.0499. The van der Waals surface area contributed by atoms with E-state index in [1.807, 2.05) is 19.1 Å². The van der Waals surface area contributed by atoms with E-state index in [-0.39, 0.29) is 17.6 Å². The number of alkyl halides is 2. The van der Waals surface area contributed by atoms with Crippen LogP contribution in [0.4, 0.5) is 13.2 Å². The van der Waals surface area contributed by atoms with Crippen molar-refractivity contribution < 1.29 is 17.9 Å². The third kappa shape index (κ3) is 4.79. The molecule has 0 aliphatic carbocycles. The summed E-state index contributed by atoms with van der Waals surface area (Å²) in [5.41, 5.74) is 1.64. The minimum Gasteiger partial charge on any atom is -0.435 e. The molecular weight excluding hydrogens is 279 g/mol. The molecule has 0 aromatic heterocycles. The Morgan fingerprint density at radius 3 is 2.57 bits per heavy atom. The zero-order chi connectivity index (χ0) is 15.2. The number of hydrogen-bond acceptors (Lipinski definition) is 2. The largest absolute Gasteiger partial charge is 0.435 e. The molecule has 2 aromatic rings. The molecule has 0 fully saturated rings. The normalized spacial score (nSPS) is 12.4. The SMILES string of the molecule is CC(NCc1cccc(F)c1)c1cccc(OC(F)F)c1. The zero-order valence-corrected chi connectivity index (χ0v) is 11.5. The summed E-state index contributed by atoms with van der Waals surface area (Å²) < 4.78 is 41.8. The van der Waals surface area contributed by atoms with E-state index in [0.29, 0.717) is 6.54 Å². The summed E-state index contributed by atoms with van der Waals surface area (Å²) in [6, 6.07) is 12.8. The predicted molar refractivity (Wildman–Crippen MR) is 74.7 cm³/mol. The van der Waals surface area contributed by atoms with Crippen molar-refractivity contribution in [3.05, 3.63) is 65.5 Å². The molecule has 0 saturated carbocycles. The lowest BCUT2D eigenvalue weighted by atomic mass is 10.1. The van der Waals surface area contributed by atoms with Gasteiger partial charge in [-0.05, 0) is 42.3 Å². The van der Waals surface area contributed by atoms with Crippen molar-refractivity contribution in [2.24, 2.45) is 0 Å². The monoisotopic (exact) mass is 295 g/mol. The van der Waals surface area contributed by atoms with Gasteiger partial charge in [-0.1, -0.05) is 24.3 Å². The maximum atomic E-state index is 13.1. The molecule has 0 heterocycles. The van der Waals surface area contributed by atoms with Crippen molar-refractivity contribution in [1.29, 1.82) is 0 Å². The highest BCUT2D eigenvalue weighted by Crippen LogP contribution is 2.21. The molecule has 0 aliphatic rings. The topological polar surface area (TPSA) is 21.3 Å². The number of rotatable bonds is 6. The van der Waals surface area contributed by atoms with Crippen molar-refractivity contribution in [2.45, 2.75) is 26.1 Å². The van der Waals surface area contributed by atoms with E-state index >= 15 is 0 Å². The number of hydrogen-bond donors (Lipinski definition) is 1. The lowest BCUT2D eigenvalue weighted by Crippen LogP contribution is -2.18. The minimum absolute atomic E-state index is 0.0745. The molecule has 21 heavy (non-hydrogen) atoms. The summed E-state index contributed by atoms with van der Waals surface area (Å²) in [7, 11) is 0. The lowest BCUT2D eigenvalue weighted by Gasteiger charge is -2.15. The van der Waals surface area contributed by atoms with Crippen LogP contribution in [0.2, 0.25) is 0 Å². The summed E-state index contributed by atoms with van der Waals surface area (Å²) in [5.74, 6) is -0.156. The smallest absolute Gasteiger partial charge is 0.387 e. The molecule has 5 heteroatoms. The quantitative estimate of drug-likeness (QED) is 0.859. The third-order valence-electron chi connectivity index (χ3n) is 3.08. The maximum absolute atomic E-state index is 13.1. The van der Waals surface area contributed by atoms with E-state index in [1.54, 1.807) is 18.2 Å². The molecule has 1 atom stereocenters. The fourth-order valence-corrected chi connectivity index (χ4v) is 2.00. The van der Waals surface area contributed by atoms with Crippen molar-refractivity contribution in [3.8, 4) is 5.75 Å². The Labute approximate surface area is 121 Å². The van der Waals surface area contributed by atoms with Gasteiger partial charge in [-0.15, -0.1) is 0 Å². The van der Waals surface area contributed by atoms with Crippen LogP contribution in [0.15, 0.2) is 48.5 Å². The van der Waals surface area contributed by atoms with Crippen LogP contribution < -0.4 is 10.1 Å². The average molecular weight is 295 g/mol. The van der Waals surface area contributed by atoms with Gasteiger partial charge in [0.1, 0.15) is 11.6 Å². The predicted octanol–water partition coefficient (Wildman–Crippen LogP) is 4.28. The molecule has 2 nitrogen and oxygen atoms in total. The second-order valence-electron chi connectivity index (χ2n) is 4.68.